The molecule has 1 aliphatic heterocycles. The number of carbonyl (C=O) groups excluding carboxylic acids is 1. The molecule has 0 aliphatic carbocycles. The highest BCUT2D eigenvalue weighted by Gasteiger charge is 2.33. The fourth-order valence-electron chi connectivity index (χ4n) is 3.98. The summed E-state index contributed by atoms with van der Waals surface area (Å²) in [6, 6.07) is 8.20. The van der Waals surface area contributed by atoms with Crippen molar-refractivity contribution in [3.05, 3.63) is 47.3 Å². The molecule has 2 heterocycles. The van der Waals surface area contributed by atoms with Crippen molar-refractivity contribution in [2.45, 2.75) is 39.5 Å². The van der Waals surface area contributed by atoms with Crippen LogP contribution < -0.4 is 10.6 Å². The summed E-state index contributed by atoms with van der Waals surface area (Å²) in [5.41, 5.74) is 3.76. The summed E-state index contributed by atoms with van der Waals surface area (Å²) in [4.78, 5) is 13.0. The second kappa shape index (κ2) is 8.88. The Morgan fingerprint density at radius 1 is 1.29 bits per heavy atom. The first-order valence-corrected chi connectivity index (χ1v) is 10.1. The van der Waals surface area contributed by atoms with Crippen LogP contribution in [0.4, 0.5) is 0 Å². The summed E-state index contributed by atoms with van der Waals surface area (Å²) in [7, 11) is 1.73. The zero-order chi connectivity index (χ0) is 20.1. The summed E-state index contributed by atoms with van der Waals surface area (Å²) >= 11 is 0. The number of piperidine rings is 1. The number of rotatable bonds is 7. The molecule has 1 aromatic heterocycles. The molecule has 1 aliphatic rings. The number of hydrogen-bond acceptors (Lipinski definition) is 4. The highest BCUT2D eigenvalue weighted by atomic mass is 16.5. The maximum Gasteiger partial charge on any atom is 0.254 e. The quantitative estimate of drug-likeness (QED) is 0.770. The maximum absolute atomic E-state index is 13.0. The molecule has 152 valence electrons. The van der Waals surface area contributed by atoms with Crippen LogP contribution in [0.1, 0.15) is 54.2 Å². The van der Waals surface area contributed by atoms with Gasteiger partial charge >= 0.3 is 0 Å². The zero-order valence-corrected chi connectivity index (χ0v) is 17.4. The molecule has 28 heavy (non-hydrogen) atoms. The van der Waals surface area contributed by atoms with E-state index in [2.05, 4.69) is 48.6 Å². The van der Waals surface area contributed by atoms with Gasteiger partial charge in [-0.1, -0.05) is 31.5 Å². The van der Waals surface area contributed by atoms with Gasteiger partial charge in [-0.2, -0.15) is 5.10 Å². The van der Waals surface area contributed by atoms with Gasteiger partial charge in [0.25, 0.3) is 5.91 Å². The van der Waals surface area contributed by atoms with Gasteiger partial charge in [-0.15, -0.1) is 0 Å². The lowest BCUT2D eigenvalue weighted by molar-refractivity contribution is 0.0511. The van der Waals surface area contributed by atoms with Crippen molar-refractivity contribution in [1.82, 2.24) is 20.4 Å². The predicted molar refractivity (Wildman–Crippen MR) is 111 cm³/mol. The Kier molecular flexibility index (Phi) is 6.52. The van der Waals surface area contributed by atoms with E-state index in [0.29, 0.717) is 18.7 Å². The second-order valence-corrected chi connectivity index (χ2v) is 8.21. The Bertz CT molecular complexity index is 784. The van der Waals surface area contributed by atoms with Crippen LogP contribution in [0, 0.1) is 12.3 Å². The van der Waals surface area contributed by atoms with Crippen LogP contribution in [0.25, 0.3) is 5.69 Å². The summed E-state index contributed by atoms with van der Waals surface area (Å²) in [5.74, 6) is 0.118. The number of aryl methyl sites for hydroxylation is 1. The molecule has 0 radical (unpaired) electrons. The first-order chi connectivity index (χ1) is 13.5. The molecule has 2 N–H and O–H groups in total. The van der Waals surface area contributed by atoms with Crippen LogP contribution in [-0.4, -0.2) is 49.0 Å². The molecule has 0 unspecified atom stereocenters. The maximum atomic E-state index is 13.0. The van der Waals surface area contributed by atoms with Gasteiger partial charge in [0.05, 0.1) is 29.7 Å². The van der Waals surface area contributed by atoms with Gasteiger partial charge in [-0.25, -0.2) is 4.68 Å². The van der Waals surface area contributed by atoms with Crippen molar-refractivity contribution in [2.24, 2.45) is 5.41 Å². The molecule has 1 aromatic carbocycles. The van der Waals surface area contributed by atoms with E-state index in [-0.39, 0.29) is 17.2 Å². The summed E-state index contributed by atoms with van der Waals surface area (Å²) < 4.78 is 7.34. The number of benzene rings is 1. The van der Waals surface area contributed by atoms with Crippen molar-refractivity contribution >= 4 is 5.91 Å². The minimum Gasteiger partial charge on any atom is -0.384 e. The highest BCUT2D eigenvalue weighted by Crippen LogP contribution is 2.29. The van der Waals surface area contributed by atoms with Gasteiger partial charge in [-0.05, 0) is 50.9 Å². The Labute approximate surface area is 167 Å². The fraction of sp³-hybridized carbons (Fsp3) is 0.545. The van der Waals surface area contributed by atoms with Crippen molar-refractivity contribution in [1.29, 1.82) is 0 Å². The van der Waals surface area contributed by atoms with E-state index < -0.39 is 0 Å². The lowest BCUT2D eigenvalue weighted by Gasteiger charge is -2.37. The molecule has 1 amide bonds. The van der Waals surface area contributed by atoms with E-state index in [4.69, 9.17) is 4.74 Å². The Morgan fingerprint density at radius 2 is 1.96 bits per heavy atom. The number of ether oxygens (including phenoxy) is 1. The molecule has 1 fully saturated rings. The molecule has 2 aromatic rings. The lowest BCUT2D eigenvalue weighted by Crippen LogP contribution is -2.47. The van der Waals surface area contributed by atoms with Gasteiger partial charge in [-0.3, -0.25) is 4.79 Å². The van der Waals surface area contributed by atoms with E-state index in [9.17, 15) is 4.79 Å². The van der Waals surface area contributed by atoms with Gasteiger partial charge in [0.15, 0.2) is 0 Å². The normalized spacial score (nSPS) is 16.3. The molecule has 1 saturated heterocycles. The Hall–Kier alpha value is -2.18. The van der Waals surface area contributed by atoms with Gasteiger partial charge in [0, 0.05) is 19.1 Å². The van der Waals surface area contributed by atoms with Crippen molar-refractivity contribution in [3.8, 4) is 5.69 Å². The molecule has 3 rings (SSSR count). The largest absolute Gasteiger partial charge is 0.384 e. The molecule has 6 nitrogen and oxygen atoms in total. The molecule has 0 saturated carbocycles. The summed E-state index contributed by atoms with van der Waals surface area (Å²) in [5, 5.41) is 11.1. The second-order valence-electron chi connectivity index (χ2n) is 8.21. The monoisotopic (exact) mass is 384 g/mol. The third-order valence-corrected chi connectivity index (χ3v) is 5.62. The number of nitrogens with zero attached hydrogens (tertiary/aromatic N) is 2. The zero-order valence-electron chi connectivity index (χ0n) is 17.4. The van der Waals surface area contributed by atoms with Crippen molar-refractivity contribution in [2.75, 3.05) is 33.4 Å². The average molecular weight is 385 g/mol. The number of aromatic nitrogens is 2. The van der Waals surface area contributed by atoms with E-state index >= 15 is 0 Å². The van der Waals surface area contributed by atoms with E-state index in [1.54, 1.807) is 13.3 Å². The van der Waals surface area contributed by atoms with Crippen LogP contribution in [0.15, 0.2) is 30.5 Å². The van der Waals surface area contributed by atoms with Gasteiger partial charge < -0.3 is 15.4 Å². The first kappa shape index (κ1) is 20.6. The standard InChI is InChI=1S/C22H32N4O2/c1-16(2)20-19(13-25-26(20)18-7-5-17(3)6-8-18)21(27)24-14-22(15-28-4)9-11-23-12-10-22/h5-8,13,16,23H,9-12,14-15H2,1-4H3,(H,24,27). The third-order valence-electron chi connectivity index (χ3n) is 5.62. The Balaban J connectivity index is 1.80. The molecular formula is C22H32N4O2. The van der Waals surface area contributed by atoms with Crippen LogP contribution in [0.3, 0.4) is 0 Å². The number of carbonyl (C=O) groups is 1. The molecule has 0 spiro atoms. The minimum absolute atomic E-state index is 0.000600. The van der Waals surface area contributed by atoms with Crippen molar-refractivity contribution in [3.63, 3.8) is 0 Å². The summed E-state index contributed by atoms with van der Waals surface area (Å²) in [6.45, 7) is 9.45. The first-order valence-electron chi connectivity index (χ1n) is 10.1. The lowest BCUT2D eigenvalue weighted by atomic mass is 9.79. The summed E-state index contributed by atoms with van der Waals surface area (Å²) in [6.07, 6.45) is 3.69. The molecular weight excluding hydrogens is 352 g/mol. The van der Waals surface area contributed by atoms with E-state index in [1.807, 2.05) is 16.8 Å². The van der Waals surface area contributed by atoms with E-state index in [0.717, 1.165) is 37.3 Å². The van der Waals surface area contributed by atoms with Crippen LogP contribution >= 0.6 is 0 Å². The fourth-order valence-corrected chi connectivity index (χ4v) is 3.98. The Morgan fingerprint density at radius 3 is 2.57 bits per heavy atom. The SMILES string of the molecule is COCC1(CNC(=O)c2cnn(-c3ccc(C)cc3)c2C(C)C)CCNCC1. The average Bonchev–Trinajstić information content (AvgIpc) is 3.13. The van der Waals surface area contributed by atoms with Crippen LogP contribution in [0.5, 0.6) is 0 Å². The van der Waals surface area contributed by atoms with Crippen LogP contribution in [-0.2, 0) is 4.74 Å². The smallest absolute Gasteiger partial charge is 0.254 e. The number of nitrogens with one attached hydrogen (secondary N) is 2. The molecule has 0 bridgehead atoms. The molecule has 0 atom stereocenters. The number of hydrogen-bond donors (Lipinski definition) is 2. The van der Waals surface area contributed by atoms with Crippen LogP contribution in [0.2, 0.25) is 0 Å². The molecule has 6 heteroatoms. The van der Waals surface area contributed by atoms with Crippen molar-refractivity contribution < 1.29 is 9.53 Å². The number of amides is 1. The number of methoxy groups -OCH3 is 1. The van der Waals surface area contributed by atoms with Gasteiger partial charge in [0.1, 0.15) is 0 Å². The predicted octanol–water partition coefficient (Wildman–Crippen LogP) is 3.05. The van der Waals surface area contributed by atoms with Gasteiger partial charge in [0.2, 0.25) is 0 Å². The minimum atomic E-state index is -0.0592. The highest BCUT2D eigenvalue weighted by molar-refractivity contribution is 5.95. The topological polar surface area (TPSA) is 68.2 Å². The van der Waals surface area contributed by atoms with E-state index in [1.165, 1.54) is 5.56 Å². The third kappa shape index (κ3) is 4.45.